The monoisotopic (exact) mass is 362 g/mol. The highest BCUT2D eigenvalue weighted by molar-refractivity contribution is 6.03. The maximum atomic E-state index is 12.6. The number of nitrogens with one attached hydrogen (secondary N) is 1. The van der Waals surface area contributed by atoms with Crippen LogP contribution in [0.4, 0.5) is 5.69 Å². The molecule has 0 bridgehead atoms. The number of hydrogen-bond acceptors (Lipinski definition) is 5. The van der Waals surface area contributed by atoms with Gasteiger partial charge in [0.05, 0.1) is 7.11 Å². The molecule has 2 aromatic heterocycles. The number of rotatable bonds is 4. The first-order valence-corrected chi connectivity index (χ1v) is 8.43. The molecule has 2 heterocycles. The molecular formula is C20H18N4O3. The van der Waals surface area contributed by atoms with Crippen LogP contribution in [0, 0.1) is 13.8 Å². The fourth-order valence-corrected chi connectivity index (χ4v) is 2.87. The highest BCUT2D eigenvalue weighted by atomic mass is 16.5. The van der Waals surface area contributed by atoms with Gasteiger partial charge in [0.25, 0.3) is 5.91 Å². The Kier molecular flexibility index (Phi) is 4.12. The van der Waals surface area contributed by atoms with Crippen LogP contribution in [-0.4, -0.2) is 27.8 Å². The molecule has 0 aliphatic carbocycles. The first kappa shape index (κ1) is 16.8. The van der Waals surface area contributed by atoms with Crippen LogP contribution in [-0.2, 0) is 0 Å². The molecule has 27 heavy (non-hydrogen) atoms. The lowest BCUT2D eigenvalue weighted by molar-refractivity contribution is 0.102. The average molecular weight is 362 g/mol. The van der Waals surface area contributed by atoms with Crippen molar-refractivity contribution in [3.05, 3.63) is 65.8 Å². The van der Waals surface area contributed by atoms with Gasteiger partial charge < -0.3 is 14.5 Å². The highest BCUT2D eigenvalue weighted by Crippen LogP contribution is 2.24. The molecule has 1 N–H and O–H groups in total. The zero-order valence-corrected chi connectivity index (χ0v) is 15.2. The summed E-state index contributed by atoms with van der Waals surface area (Å²) in [4.78, 5) is 16.8. The van der Waals surface area contributed by atoms with Crippen molar-refractivity contribution in [2.75, 3.05) is 12.4 Å². The molecule has 4 rings (SSSR count). The van der Waals surface area contributed by atoms with Crippen molar-refractivity contribution >= 4 is 22.7 Å². The van der Waals surface area contributed by atoms with Gasteiger partial charge in [-0.3, -0.25) is 4.79 Å². The number of aromatic nitrogens is 3. The van der Waals surface area contributed by atoms with Gasteiger partial charge in [0, 0.05) is 24.9 Å². The summed E-state index contributed by atoms with van der Waals surface area (Å²) in [6.45, 7) is 3.77. The van der Waals surface area contributed by atoms with Gasteiger partial charge >= 0.3 is 0 Å². The number of carbonyl (C=O) groups is 1. The molecule has 7 nitrogen and oxygen atoms in total. The minimum atomic E-state index is -0.309. The van der Waals surface area contributed by atoms with E-state index in [0.29, 0.717) is 28.6 Å². The Hall–Kier alpha value is -3.61. The van der Waals surface area contributed by atoms with Crippen LogP contribution in [0.25, 0.3) is 16.8 Å². The maximum Gasteiger partial charge on any atom is 0.276 e. The van der Waals surface area contributed by atoms with Gasteiger partial charge in [0.1, 0.15) is 17.0 Å². The molecule has 0 saturated heterocycles. The van der Waals surface area contributed by atoms with E-state index in [2.05, 4.69) is 15.4 Å². The molecule has 0 atom stereocenters. The summed E-state index contributed by atoms with van der Waals surface area (Å²) in [7, 11) is 1.60. The number of ether oxygens (including phenoxy) is 1. The van der Waals surface area contributed by atoms with Crippen LogP contribution < -0.4 is 10.1 Å². The van der Waals surface area contributed by atoms with Crippen molar-refractivity contribution in [1.82, 2.24) is 14.8 Å². The van der Waals surface area contributed by atoms with E-state index in [4.69, 9.17) is 9.15 Å². The second kappa shape index (κ2) is 6.60. The third-order valence-electron chi connectivity index (χ3n) is 4.16. The van der Waals surface area contributed by atoms with E-state index in [1.807, 2.05) is 25.1 Å². The van der Waals surface area contributed by atoms with Gasteiger partial charge in [-0.1, -0.05) is 6.07 Å². The summed E-state index contributed by atoms with van der Waals surface area (Å²) in [5.41, 5.74) is 4.14. The standard InChI is InChI=1S/C20H18N4O3/c1-12-4-7-18(26-3)17(10-12)24-9-8-16(23-24)20(25)22-14-5-6-15-19(11-14)27-13(2)21-15/h4-11H,1-3H3,(H,22,25). The minimum Gasteiger partial charge on any atom is -0.494 e. The number of fused-ring (bicyclic) bond motifs is 1. The summed E-state index contributed by atoms with van der Waals surface area (Å²) in [6, 6.07) is 12.8. The van der Waals surface area contributed by atoms with Crippen molar-refractivity contribution in [1.29, 1.82) is 0 Å². The minimum absolute atomic E-state index is 0.299. The predicted molar refractivity (Wildman–Crippen MR) is 102 cm³/mol. The van der Waals surface area contributed by atoms with E-state index >= 15 is 0 Å². The molecule has 4 aromatic rings. The van der Waals surface area contributed by atoms with Gasteiger partial charge in [-0.15, -0.1) is 0 Å². The zero-order valence-electron chi connectivity index (χ0n) is 15.2. The van der Waals surface area contributed by atoms with Crippen LogP contribution >= 0.6 is 0 Å². The second-order valence-corrected chi connectivity index (χ2v) is 6.19. The number of oxazole rings is 1. The summed E-state index contributed by atoms with van der Waals surface area (Å²) in [6.07, 6.45) is 1.73. The highest BCUT2D eigenvalue weighted by Gasteiger charge is 2.14. The first-order valence-electron chi connectivity index (χ1n) is 8.43. The Morgan fingerprint density at radius 3 is 2.81 bits per heavy atom. The van der Waals surface area contributed by atoms with Crippen LogP contribution in [0.15, 0.2) is 53.1 Å². The number of hydrogen-bond donors (Lipinski definition) is 1. The van der Waals surface area contributed by atoms with Crippen LogP contribution in [0.2, 0.25) is 0 Å². The Labute approximate surface area is 155 Å². The molecular weight excluding hydrogens is 344 g/mol. The zero-order chi connectivity index (χ0) is 19.0. The lowest BCUT2D eigenvalue weighted by Gasteiger charge is -2.09. The van der Waals surface area contributed by atoms with E-state index in [1.165, 1.54) is 0 Å². The van der Waals surface area contributed by atoms with E-state index in [1.54, 1.807) is 49.2 Å². The van der Waals surface area contributed by atoms with Crippen molar-refractivity contribution < 1.29 is 13.9 Å². The lowest BCUT2D eigenvalue weighted by atomic mass is 10.2. The number of carbonyl (C=O) groups excluding carboxylic acids is 1. The number of nitrogens with zero attached hydrogens (tertiary/aromatic N) is 3. The maximum absolute atomic E-state index is 12.6. The second-order valence-electron chi connectivity index (χ2n) is 6.19. The summed E-state index contributed by atoms with van der Waals surface area (Å²) < 4.78 is 12.5. The topological polar surface area (TPSA) is 82.2 Å². The number of aryl methyl sites for hydroxylation is 2. The number of benzene rings is 2. The Balaban J connectivity index is 1.59. The van der Waals surface area contributed by atoms with Crippen LogP contribution in [0.5, 0.6) is 5.75 Å². The summed E-state index contributed by atoms with van der Waals surface area (Å²) >= 11 is 0. The third kappa shape index (κ3) is 3.27. The average Bonchev–Trinajstić information content (AvgIpc) is 3.27. The lowest BCUT2D eigenvalue weighted by Crippen LogP contribution is -2.13. The Bertz CT molecular complexity index is 1140. The fourth-order valence-electron chi connectivity index (χ4n) is 2.87. The van der Waals surface area contributed by atoms with Gasteiger partial charge in [0.2, 0.25) is 0 Å². The summed E-state index contributed by atoms with van der Waals surface area (Å²) in [5, 5.41) is 7.21. The third-order valence-corrected chi connectivity index (χ3v) is 4.16. The smallest absolute Gasteiger partial charge is 0.276 e. The van der Waals surface area contributed by atoms with Crippen molar-refractivity contribution in [2.24, 2.45) is 0 Å². The predicted octanol–water partition coefficient (Wildman–Crippen LogP) is 3.89. The Morgan fingerprint density at radius 2 is 2.00 bits per heavy atom. The fraction of sp³-hybridized carbons (Fsp3) is 0.150. The number of methoxy groups -OCH3 is 1. The molecule has 0 unspecified atom stereocenters. The van der Waals surface area contributed by atoms with E-state index < -0.39 is 0 Å². The van der Waals surface area contributed by atoms with Gasteiger partial charge in [-0.05, 0) is 42.8 Å². The van der Waals surface area contributed by atoms with Crippen LogP contribution in [0.3, 0.4) is 0 Å². The molecule has 0 fully saturated rings. The molecule has 0 spiro atoms. The molecule has 1 amide bonds. The molecule has 7 heteroatoms. The quantitative estimate of drug-likeness (QED) is 0.595. The molecule has 0 aliphatic rings. The Morgan fingerprint density at radius 1 is 1.15 bits per heavy atom. The summed E-state index contributed by atoms with van der Waals surface area (Å²) in [5.74, 6) is 0.956. The van der Waals surface area contributed by atoms with E-state index in [9.17, 15) is 4.79 Å². The van der Waals surface area contributed by atoms with Crippen molar-refractivity contribution in [3.8, 4) is 11.4 Å². The molecule has 2 aromatic carbocycles. The molecule has 0 saturated carbocycles. The van der Waals surface area contributed by atoms with Crippen molar-refractivity contribution in [3.63, 3.8) is 0 Å². The number of anilines is 1. The van der Waals surface area contributed by atoms with Gasteiger partial charge in [-0.2, -0.15) is 5.10 Å². The molecule has 0 aliphatic heterocycles. The number of amides is 1. The first-order chi connectivity index (χ1) is 13.0. The van der Waals surface area contributed by atoms with Crippen molar-refractivity contribution in [2.45, 2.75) is 13.8 Å². The molecule has 136 valence electrons. The van der Waals surface area contributed by atoms with Gasteiger partial charge in [0.15, 0.2) is 17.2 Å². The van der Waals surface area contributed by atoms with E-state index in [0.717, 1.165) is 16.8 Å². The normalized spacial score (nSPS) is 10.9. The van der Waals surface area contributed by atoms with E-state index in [-0.39, 0.29) is 5.91 Å². The largest absolute Gasteiger partial charge is 0.494 e. The SMILES string of the molecule is COc1ccc(C)cc1-n1ccc(C(=O)Nc2ccc3nc(C)oc3c2)n1. The molecule has 0 radical (unpaired) electrons. The van der Waals surface area contributed by atoms with Gasteiger partial charge in [-0.25, -0.2) is 9.67 Å². The van der Waals surface area contributed by atoms with Crippen LogP contribution in [0.1, 0.15) is 21.9 Å².